The molecule has 2 N–H and O–H groups in total. The van der Waals surface area contributed by atoms with Crippen LogP contribution in [-0.2, 0) is 4.79 Å². The fourth-order valence-corrected chi connectivity index (χ4v) is 2.86. The summed E-state index contributed by atoms with van der Waals surface area (Å²) in [5.41, 5.74) is 4.92. The highest BCUT2D eigenvalue weighted by Crippen LogP contribution is 2.45. The summed E-state index contributed by atoms with van der Waals surface area (Å²) in [6.07, 6.45) is -13.2. The predicted molar refractivity (Wildman–Crippen MR) is 77.0 cm³/mol. The standard InChI is InChI=1S/C11H14ClF8NOS.O2/c1-6(10(16,17)11(18,19)20)2-3-8(12,7(21)22)23-5-4-9(13,14)15;1-2/h6H,2-5H2,1H3,(H2,21,22);. The second-order valence-electron chi connectivity index (χ2n) is 4.87. The van der Waals surface area contributed by atoms with Crippen LogP contribution in [0.2, 0.25) is 0 Å². The number of rotatable bonds is 8. The molecule has 0 fully saturated rings. The first kappa shape index (κ1) is 26.4. The van der Waals surface area contributed by atoms with Crippen molar-refractivity contribution in [2.24, 2.45) is 11.7 Å². The second kappa shape index (κ2) is 9.74. The Balaban J connectivity index is 0. The molecule has 0 heterocycles. The third kappa shape index (κ3) is 8.88. The molecule has 0 rings (SSSR count). The van der Waals surface area contributed by atoms with Gasteiger partial charge in [-0.1, -0.05) is 18.5 Å². The number of carbonyl (C=O) groups is 1. The highest BCUT2D eigenvalue weighted by molar-refractivity contribution is 8.02. The van der Waals surface area contributed by atoms with E-state index in [0.717, 1.165) is 0 Å². The lowest BCUT2D eigenvalue weighted by Crippen LogP contribution is -2.43. The monoisotopic (exact) mass is 427 g/mol. The number of thioether (sulfide) groups is 1. The molecule has 1 amide bonds. The van der Waals surface area contributed by atoms with Crippen LogP contribution in [0.4, 0.5) is 35.1 Å². The number of primary amides is 1. The maximum atomic E-state index is 13.1. The van der Waals surface area contributed by atoms with Crippen LogP contribution in [0.5, 0.6) is 0 Å². The fraction of sp³-hybridized carbons (Fsp3) is 0.909. The highest BCUT2D eigenvalue weighted by Gasteiger charge is 2.60. The summed E-state index contributed by atoms with van der Waals surface area (Å²) in [6.45, 7) is 0.603. The van der Waals surface area contributed by atoms with Crippen LogP contribution in [0.1, 0.15) is 26.2 Å². The van der Waals surface area contributed by atoms with E-state index < -0.39 is 59.3 Å². The van der Waals surface area contributed by atoms with Crippen molar-refractivity contribution in [3.8, 4) is 0 Å². The van der Waals surface area contributed by atoms with Crippen LogP contribution in [-0.4, -0.2) is 34.1 Å². The molecule has 2 atom stereocenters. The van der Waals surface area contributed by atoms with E-state index in [4.69, 9.17) is 27.3 Å². The van der Waals surface area contributed by atoms with Gasteiger partial charge in [0.15, 0.2) is 4.21 Å². The molecular weight excluding hydrogens is 414 g/mol. The lowest BCUT2D eigenvalue weighted by molar-refractivity contribution is -0.301. The van der Waals surface area contributed by atoms with Crippen molar-refractivity contribution >= 4 is 29.3 Å². The van der Waals surface area contributed by atoms with Crippen molar-refractivity contribution in [1.29, 1.82) is 0 Å². The van der Waals surface area contributed by atoms with Gasteiger partial charge in [0.2, 0.25) is 5.91 Å². The Morgan fingerprint density at radius 2 is 1.48 bits per heavy atom. The van der Waals surface area contributed by atoms with Crippen molar-refractivity contribution in [2.45, 2.75) is 48.7 Å². The average Bonchev–Trinajstić information content (AvgIpc) is 2.44. The molecule has 0 saturated heterocycles. The van der Waals surface area contributed by atoms with E-state index in [1.807, 2.05) is 0 Å². The molecule has 150 valence electrons. The summed E-state index contributed by atoms with van der Waals surface area (Å²) < 4.78 is 96.6. The SMILES string of the molecule is CC(CCC(Cl)(SCCC(F)(F)F)C(N)=O)C(F)(F)C(F)(F)F.O=O. The maximum Gasteiger partial charge on any atom is 0.453 e. The zero-order valence-corrected chi connectivity index (χ0v) is 14.1. The molecule has 0 aromatic rings. The Kier molecular flexibility index (Phi) is 10.3. The molecule has 0 spiro atoms. The molecule has 4 nitrogen and oxygen atoms in total. The van der Waals surface area contributed by atoms with E-state index in [9.17, 15) is 39.9 Å². The van der Waals surface area contributed by atoms with Gasteiger partial charge in [0.05, 0.1) is 6.42 Å². The number of hydrogen-bond donors (Lipinski definition) is 1. The lowest BCUT2D eigenvalue weighted by Gasteiger charge is -2.29. The maximum absolute atomic E-state index is 13.1. The van der Waals surface area contributed by atoms with Gasteiger partial charge in [-0.15, -0.1) is 11.8 Å². The topological polar surface area (TPSA) is 77.2 Å². The molecule has 0 radical (unpaired) electrons. The minimum atomic E-state index is -5.78. The van der Waals surface area contributed by atoms with Crippen molar-refractivity contribution in [2.75, 3.05) is 5.75 Å². The van der Waals surface area contributed by atoms with Gasteiger partial charge in [-0.25, -0.2) is 0 Å². The zero-order valence-electron chi connectivity index (χ0n) is 12.5. The van der Waals surface area contributed by atoms with E-state index >= 15 is 0 Å². The average molecular weight is 428 g/mol. The molecule has 0 bridgehead atoms. The summed E-state index contributed by atoms with van der Waals surface area (Å²) in [7, 11) is 0. The minimum absolute atomic E-state index is 0.264. The lowest BCUT2D eigenvalue weighted by atomic mass is 9.96. The second-order valence-corrected chi connectivity index (χ2v) is 7.13. The van der Waals surface area contributed by atoms with Gasteiger partial charge >= 0.3 is 18.3 Å². The van der Waals surface area contributed by atoms with Gasteiger partial charge in [0, 0.05) is 21.6 Å². The van der Waals surface area contributed by atoms with Crippen molar-refractivity contribution in [3.63, 3.8) is 0 Å². The summed E-state index contributed by atoms with van der Waals surface area (Å²) in [6, 6.07) is 0. The van der Waals surface area contributed by atoms with Crippen LogP contribution in [0, 0.1) is 15.8 Å². The molecular formula is C11H14ClF8NO3S. The van der Waals surface area contributed by atoms with Crippen molar-refractivity contribution in [3.05, 3.63) is 9.93 Å². The number of nitrogens with two attached hydrogens (primary N) is 1. The smallest absolute Gasteiger partial charge is 0.367 e. The van der Waals surface area contributed by atoms with Gasteiger partial charge in [-0.2, -0.15) is 35.1 Å². The first-order valence-electron chi connectivity index (χ1n) is 6.33. The van der Waals surface area contributed by atoms with Crippen LogP contribution in [0.3, 0.4) is 0 Å². The highest BCUT2D eigenvalue weighted by atomic mass is 35.5. The number of halogens is 9. The molecule has 25 heavy (non-hydrogen) atoms. The molecule has 0 aliphatic carbocycles. The molecule has 0 aromatic carbocycles. The molecule has 2 unspecified atom stereocenters. The first-order valence-corrected chi connectivity index (χ1v) is 7.70. The number of hydrogen-bond acceptors (Lipinski definition) is 4. The van der Waals surface area contributed by atoms with Crippen LogP contribution in [0.15, 0.2) is 0 Å². The van der Waals surface area contributed by atoms with Crippen LogP contribution < -0.4 is 5.73 Å². The molecule has 0 aromatic heterocycles. The fourth-order valence-electron chi connectivity index (χ4n) is 1.46. The summed E-state index contributed by atoms with van der Waals surface area (Å²) >= 11 is 5.97. The van der Waals surface area contributed by atoms with E-state index in [2.05, 4.69) is 0 Å². The van der Waals surface area contributed by atoms with E-state index in [1.54, 1.807) is 0 Å². The molecule has 0 aliphatic heterocycles. The molecule has 0 aliphatic rings. The van der Waals surface area contributed by atoms with Crippen LogP contribution in [0.25, 0.3) is 0 Å². The van der Waals surface area contributed by atoms with Crippen molar-refractivity contribution < 1.29 is 39.9 Å². The van der Waals surface area contributed by atoms with E-state index in [-0.39, 0.29) is 11.8 Å². The van der Waals surface area contributed by atoms with Gasteiger partial charge < -0.3 is 5.73 Å². The van der Waals surface area contributed by atoms with Gasteiger partial charge in [-0.05, 0) is 12.8 Å². The largest absolute Gasteiger partial charge is 0.453 e. The Labute approximate surface area is 146 Å². The van der Waals surface area contributed by atoms with Crippen molar-refractivity contribution in [1.82, 2.24) is 0 Å². The third-order valence-corrected chi connectivity index (χ3v) is 4.95. The number of carbonyl (C=O) groups excluding carboxylic acids is 1. The summed E-state index contributed by atoms with van der Waals surface area (Å²) in [5.74, 6) is -9.21. The molecule has 0 saturated carbocycles. The molecule has 14 heteroatoms. The Morgan fingerprint density at radius 3 is 1.80 bits per heavy atom. The first-order chi connectivity index (χ1) is 11.0. The predicted octanol–water partition coefficient (Wildman–Crippen LogP) is 4.77. The quantitative estimate of drug-likeness (QED) is 0.447. The third-order valence-electron chi connectivity index (χ3n) is 2.98. The summed E-state index contributed by atoms with van der Waals surface area (Å²) in [5, 5.41) is 0. The van der Waals surface area contributed by atoms with Gasteiger partial charge in [0.1, 0.15) is 0 Å². The van der Waals surface area contributed by atoms with E-state index in [0.29, 0.717) is 6.92 Å². The van der Waals surface area contributed by atoms with Gasteiger partial charge in [-0.3, -0.25) is 4.79 Å². The van der Waals surface area contributed by atoms with E-state index in [1.165, 1.54) is 0 Å². The van der Waals surface area contributed by atoms with Gasteiger partial charge in [0.25, 0.3) is 0 Å². The number of amides is 1. The summed E-state index contributed by atoms with van der Waals surface area (Å²) in [4.78, 5) is 25.2. The number of alkyl halides is 9. The zero-order chi connectivity index (χ0) is 20.7. The Hall–Kier alpha value is -0.850. The Morgan fingerprint density at radius 1 is 1.04 bits per heavy atom. The minimum Gasteiger partial charge on any atom is -0.367 e. The normalized spacial score (nSPS) is 16.4. The van der Waals surface area contributed by atoms with Crippen LogP contribution >= 0.6 is 23.4 Å². The Bertz CT molecular complexity index is 435.